The quantitative estimate of drug-likeness (QED) is 0.502. The van der Waals surface area contributed by atoms with Gasteiger partial charge in [-0.05, 0) is 31.8 Å². The number of nitrogens with one attached hydrogen (secondary N) is 1. The van der Waals surface area contributed by atoms with Gasteiger partial charge in [-0.15, -0.1) is 0 Å². The van der Waals surface area contributed by atoms with Gasteiger partial charge in [0, 0.05) is 31.3 Å². The molecule has 1 aliphatic carbocycles. The van der Waals surface area contributed by atoms with Gasteiger partial charge < -0.3 is 15.3 Å². The fourth-order valence-corrected chi connectivity index (χ4v) is 3.25. The summed E-state index contributed by atoms with van der Waals surface area (Å²) in [6.45, 7) is 5.83. The molecule has 0 aromatic carbocycles. The van der Waals surface area contributed by atoms with E-state index in [9.17, 15) is 19.5 Å². The van der Waals surface area contributed by atoms with Crippen LogP contribution in [0.5, 0.6) is 5.88 Å². The SMILES string of the molecule is Cc1nn2c(=O)c(C(=O)NC3CC3)c(O)n(CC(C)C)c2c1C=CC(=O)N(C)CC#N. The minimum Gasteiger partial charge on any atom is -0.494 e. The van der Waals surface area contributed by atoms with Crippen molar-refractivity contribution in [3.63, 3.8) is 0 Å². The summed E-state index contributed by atoms with van der Waals surface area (Å²) in [6.07, 6.45) is 4.49. The number of carbonyl (C=O) groups excluding carboxylic acids is 2. The largest absolute Gasteiger partial charge is 0.494 e. The van der Waals surface area contributed by atoms with Crippen molar-refractivity contribution in [1.82, 2.24) is 24.4 Å². The highest BCUT2D eigenvalue weighted by Crippen LogP contribution is 2.26. The molecule has 164 valence electrons. The number of rotatable bonds is 7. The number of nitriles is 1. The number of carbonyl (C=O) groups is 2. The summed E-state index contributed by atoms with van der Waals surface area (Å²) in [4.78, 5) is 39.2. The van der Waals surface area contributed by atoms with Crippen molar-refractivity contribution >= 4 is 23.5 Å². The summed E-state index contributed by atoms with van der Waals surface area (Å²) in [5.74, 6) is -1.34. The first-order valence-corrected chi connectivity index (χ1v) is 10.1. The highest BCUT2D eigenvalue weighted by Gasteiger charge is 2.30. The van der Waals surface area contributed by atoms with E-state index >= 15 is 0 Å². The predicted molar refractivity (Wildman–Crippen MR) is 113 cm³/mol. The van der Waals surface area contributed by atoms with Crippen LogP contribution in [-0.4, -0.2) is 55.6 Å². The molecule has 1 saturated carbocycles. The lowest BCUT2D eigenvalue weighted by molar-refractivity contribution is -0.124. The van der Waals surface area contributed by atoms with Crippen molar-refractivity contribution in [1.29, 1.82) is 5.26 Å². The molecule has 0 radical (unpaired) electrons. The Morgan fingerprint density at radius 3 is 2.68 bits per heavy atom. The van der Waals surface area contributed by atoms with E-state index in [4.69, 9.17) is 5.26 Å². The third kappa shape index (κ3) is 4.45. The first kappa shape index (κ1) is 22.1. The molecule has 3 rings (SSSR count). The van der Waals surface area contributed by atoms with Crippen molar-refractivity contribution in [2.75, 3.05) is 13.6 Å². The van der Waals surface area contributed by atoms with Crippen molar-refractivity contribution in [3.05, 3.63) is 33.3 Å². The molecule has 2 amide bonds. The van der Waals surface area contributed by atoms with Crippen LogP contribution in [0.2, 0.25) is 0 Å². The Hall–Kier alpha value is -3.61. The lowest BCUT2D eigenvalue weighted by atomic mass is 10.1. The van der Waals surface area contributed by atoms with Gasteiger partial charge in [-0.2, -0.15) is 14.9 Å². The van der Waals surface area contributed by atoms with E-state index in [0.29, 0.717) is 23.4 Å². The third-order valence-corrected chi connectivity index (χ3v) is 4.99. The molecule has 0 saturated heterocycles. The fraction of sp³-hybridized carbons (Fsp3) is 0.476. The Labute approximate surface area is 179 Å². The fourth-order valence-electron chi connectivity index (χ4n) is 3.25. The summed E-state index contributed by atoms with van der Waals surface area (Å²) in [5, 5.41) is 26.7. The van der Waals surface area contributed by atoms with Crippen LogP contribution in [0.3, 0.4) is 0 Å². The lowest BCUT2D eigenvalue weighted by Gasteiger charge is -2.17. The molecule has 10 nitrogen and oxygen atoms in total. The zero-order valence-electron chi connectivity index (χ0n) is 18.0. The van der Waals surface area contributed by atoms with Crippen LogP contribution in [0.25, 0.3) is 11.7 Å². The number of aromatic nitrogens is 3. The van der Waals surface area contributed by atoms with Crippen molar-refractivity contribution < 1.29 is 14.7 Å². The monoisotopic (exact) mass is 426 g/mol. The first-order valence-electron chi connectivity index (χ1n) is 10.1. The van der Waals surface area contributed by atoms with Gasteiger partial charge in [-0.3, -0.25) is 19.0 Å². The van der Waals surface area contributed by atoms with Crippen LogP contribution in [0, 0.1) is 24.2 Å². The molecule has 31 heavy (non-hydrogen) atoms. The van der Waals surface area contributed by atoms with E-state index in [1.165, 1.54) is 28.7 Å². The number of likely N-dealkylation sites (N-methyl/N-ethyl adjacent to an activating group) is 1. The molecule has 0 bridgehead atoms. The molecule has 2 aromatic rings. The van der Waals surface area contributed by atoms with Crippen LogP contribution in [0.15, 0.2) is 10.9 Å². The van der Waals surface area contributed by atoms with Crippen LogP contribution < -0.4 is 10.9 Å². The minimum atomic E-state index is -0.721. The second-order valence-corrected chi connectivity index (χ2v) is 8.18. The normalized spacial score (nSPS) is 13.7. The molecule has 2 aromatic heterocycles. The summed E-state index contributed by atoms with van der Waals surface area (Å²) >= 11 is 0. The van der Waals surface area contributed by atoms with E-state index in [1.807, 2.05) is 19.9 Å². The van der Waals surface area contributed by atoms with E-state index in [0.717, 1.165) is 17.4 Å². The van der Waals surface area contributed by atoms with Gasteiger partial charge in [0.25, 0.3) is 11.5 Å². The topological polar surface area (TPSA) is 133 Å². The molecule has 10 heteroatoms. The molecule has 2 heterocycles. The number of aromatic hydroxyl groups is 1. The second-order valence-electron chi connectivity index (χ2n) is 8.18. The smallest absolute Gasteiger partial charge is 0.291 e. The average molecular weight is 426 g/mol. The summed E-state index contributed by atoms with van der Waals surface area (Å²) in [5.41, 5.74) is 0.162. The maximum Gasteiger partial charge on any atom is 0.291 e. The minimum absolute atomic E-state index is 0.0230. The van der Waals surface area contributed by atoms with Gasteiger partial charge in [0.2, 0.25) is 11.8 Å². The third-order valence-electron chi connectivity index (χ3n) is 4.99. The van der Waals surface area contributed by atoms with Gasteiger partial charge in [0.05, 0.1) is 11.8 Å². The molecule has 0 spiro atoms. The summed E-state index contributed by atoms with van der Waals surface area (Å²) < 4.78 is 2.58. The maximum atomic E-state index is 13.1. The van der Waals surface area contributed by atoms with E-state index < -0.39 is 17.3 Å². The van der Waals surface area contributed by atoms with Crippen molar-refractivity contribution in [2.45, 2.75) is 46.2 Å². The molecule has 0 atom stereocenters. The van der Waals surface area contributed by atoms with E-state index in [-0.39, 0.29) is 30.0 Å². The predicted octanol–water partition coefficient (Wildman–Crippen LogP) is 1.05. The molecule has 1 aliphatic rings. The van der Waals surface area contributed by atoms with Crippen LogP contribution in [-0.2, 0) is 11.3 Å². The molecule has 0 aliphatic heterocycles. The Balaban J connectivity index is 2.18. The van der Waals surface area contributed by atoms with Crippen molar-refractivity contribution in [2.24, 2.45) is 5.92 Å². The van der Waals surface area contributed by atoms with Crippen LogP contribution >= 0.6 is 0 Å². The Morgan fingerprint density at radius 1 is 1.42 bits per heavy atom. The standard InChI is InChI=1S/C21H26N6O4/c1-12(2)11-26-19-15(7-8-16(28)25(4)10-9-22)13(3)24-27(19)21(31)17(20(26)30)18(29)23-14-5-6-14/h7-8,12,14,30H,5-6,10-11H2,1-4H3,(H,23,29). The van der Waals surface area contributed by atoms with E-state index in [2.05, 4.69) is 10.4 Å². The van der Waals surface area contributed by atoms with Gasteiger partial charge in [-0.25, -0.2) is 0 Å². The van der Waals surface area contributed by atoms with Gasteiger partial charge in [-0.1, -0.05) is 13.8 Å². The molecular weight excluding hydrogens is 400 g/mol. The van der Waals surface area contributed by atoms with Gasteiger partial charge in [0.15, 0.2) is 5.56 Å². The zero-order valence-corrected chi connectivity index (χ0v) is 18.0. The maximum absolute atomic E-state index is 13.1. The van der Waals surface area contributed by atoms with Gasteiger partial charge in [0.1, 0.15) is 12.2 Å². The average Bonchev–Trinajstić information content (AvgIpc) is 3.44. The lowest BCUT2D eigenvalue weighted by Crippen LogP contribution is -2.34. The highest BCUT2D eigenvalue weighted by atomic mass is 16.3. The number of nitrogens with zero attached hydrogens (tertiary/aromatic N) is 5. The number of hydrogen-bond acceptors (Lipinski definition) is 6. The number of hydrogen-bond donors (Lipinski definition) is 2. The first-order chi connectivity index (χ1) is 14.6. The highest BCUT2D eigenvalue weighted by molar-refractivity contribution is 5.97. The Bertz CT molecular complexity index is 1160. The summed E-state index contributed by atoms with van der Waals surface area (Å²) in [6, 6.07) is 1.92. The zero-order chi connectivity index (χ0) is 22.9. The molecular formula is C21H26N6O4. The number of aryl methyl sites for hydroxylation is 1. The van der Waals surface area contributed by atoms with Crippen molar-refractivity contribution in [3.8, 4) is 11.9 Å². The Morgan fingerprint density at radius 2 is 2.10 bits per heavy atom. The summed E-state index contributed by atoms with van der Waals surface area (Å²) in [7, 11) is 1.50. The Kier molecular flexibility index (Phi) is 6.15. The van der Waals surface area contributed by atoms with E-state index in [1.54, 1.807) is 6.92 Å². The molecule has 0 unspecified atom stereocenters. The number of fused-ring (bicyclic) bond motifs is 1. The number of amides is 2. The molecule has 2 N–H and O–H groups in total. The van der Waals surface area contributed by atoms with Crippen LogP contribution in [0.1, 0.15) is 48.3 Å². The second kappa shape index (κ2) is 8.63. The van der Waals surface area contributed by atoms with Crippen LogP contribution in [0.4, 0.5) is 0 Å². The molecule has 1 fully saturated rings. The van der Waals surface area contributed by atoms with Gasteiger partial charge >= 0.3 is 0 Å².